The van der Waals surface area contributed by atoms with Crippen LogP contribution in [0.15, 0.2) is 71.8 Å². The first-order valence-electron chi connectivity index (χ1n) is 15.4. The monoisotopic (exact) mass is 616 g/mol. The third-order valence-electron chi connectivity index (χ3n) is 7.67. The van der Waals surface area contributed by atoms with Crippen molar-refractivity contribution < 1.29 is 24.5 Å². The summed E-state index contributed by atoms with van der Waals surface area (Å²) in [6.45, 7) is 4.84. The Hall–Kier alpha value is -4.29. The number of aliphatic hydroxyl groups excluding tert-OH is 2. The molecular formula is C34H44N6O5. The second-order valence-electron chi connectivity index (χ2n) is 10.9. The van der Waals surface area contributed by atoms with E-state index >= 15 is 0 Å². The van der Waals surface area contributed by atoms with E-state index in [4.69, 9.17) is 4.74 Å². The van der Waals surface area contributed by atoms with Gasteiger partial charge in [-0.25, -0.2) is 5.43 Å². The Morgan fingerprint density at radius 1 is 0.933 bits per heavy atom. The van der Waals surface area contributed by atoms with Gasteiger partial charge in [0.2, 0.25) is 0 Å². The molecule has 0 saturated carbocycles. The van der Waals surface area contributed by atoms with Gasteiger partial charge in [0, 0.05) is 57.1 Å². The molecule has 0 spiro atoms. The molecular weight excluding hydrogens is 572 g/mol. The molecule has 1 saturated heterocycles. The quantitative estimate of drug-likeness (QED) is 0.0941. The number of nitrogens with one attached hydrogen (secondary N) is 3. The second kappa shape index (κ2) is 17.9. The topological polar surface area (TPSA) is 139 Å². The summed E-state index contributed by atoms with van der Waals surface area (Å²) in [7, 11) is 1.60. The van der Waals surface area contributed by atoms with Crippen LogP contribution in [0.25, 0.3) is 0 Å². The first kappa shape index (κ1) is 33.6. The van der Waals surface area contributed by atoms with Gasteiger partial charge in [0.1, 0.15) is 5.75 Å². The standard InChI is InChI=1S/C34H44N6O5/c1-45-30-11-8-26(9-12-30)25-36-38-34(44)31-23-29(40-15-3-2-4-16-40)10-13-32(31)37-33(43)28-7-5-6-27(22-28)24-35-14-17-39(18-20-41)19-21-42/h5-13,22-23,25,35,41-42H,2-4,14-21,24H2,1H3,(H,37,43)(H,38,44). The summed E-state index contributed by atoms with van der Waals surface area (Å²) in [6, 6.07) is 20.2. The van der Waals surface area contributed by atoms with Gasteiger partial charge in [-0.3, -0.25) is 14.5 Å². The van der Waals surface area contributed by atoms with Gasteiger partial charge in [-0.1, -0.05) is 12.1 Å². The number of benzene rings is 3. The van der Waals surface area contributed by atoms with Crippen LogP contribution in [-0.2, 0) is 6.54 Å². The predicted molar refractivity (Wildman–Crippen MR) is 177 cm³/mol. The highest BCUT2D eigenvalue weighted by atomic mass is 16.5. The van der Waals surface area contributed by atoms with E-state index < -0.39 is 5.91 Å². The van der Waals surface area contributed by atoms with Crippen molar-refractivity contribution in [1.29, 1.82) is 0 Å². The molecule has 45 heavy (non-hydrogen) atoms. The number of rotatable bonds is 16. The first-order chi connectivity index (χ1) is 22.0. The average Bonchev–Trinajstić information content (AvgIpc) is 3.07. The number of methoxy groups -OCH3 is 1. The number of ether oxygens (including phenoxy) is 1. The van der Waals surface area contributed by atoms with E-state index in [-0.39, 0.29) is 19.1 Å². The highest BCUT2D eigenvalue weighted by molar-refractivity contribution is 6.09. The minimum atomic E-state index is -0.427. The average molecular weight is 617 g/mol. The summed E-state index contributed by atoms with van der Waals surface area (Å²) in [6.07, 6.45) is 4.95. The molecule has 3 aromatic rings. The van der Waals surface area contributed by atoms with Gasteiger partial charge in [-0.05, 0) is 85.0 Å². The zero-order chi connectivity index (χ0) is 31.9. The molecule has 0 aromatic heterocycles. The molecule has 11 nitrogen and oxygen atoms in total. The third-order valence-corrected chi connectivity index (χ3v) is 7.67. The van der Waals surface area contributed by atoms with E-state index in [2.05, 4.69) is 26.1 Å². The molecule has 0 aliphatic carbocycles. The van der Waals surface area contributed by atoms with Gasteiger partial charge >= 0.3 is 0 Å². The fraction of sp³-hybridized carbons (Fsp3) is 0.382. The molecule has 5 N–H and O–H groups in total. The van der Waals surface area contributed by atoms with Crippen LogP contribution in [-0.4, -0.2) is 92.7 Å². The molecule has 0 unspecified atom stereocenters. The van der Waals surface area contributed by atoms with Gasteiger partial charge in [0.25, 0.3) is 11.8 Å². The molecule has 11 heteroatoms. The predicted octanol–water partition coefficient (Wildman–Crippen LogP) is 3.08. The van der Waals surface area contributed by atoms with Crippen LogP contribution in [0.2, 0.25) is 0 Å². The minimum Gasteiger partial charge on any atom is -0.497 e. The zero-order valence-electron chi connectivity index (χ0n) is 25.9. The summed E-state index contributed by atoms with van der Waals surface area (Å²) in [4.78, 5) is 31.0. The number of amides is 2. The highest BCUT2D eigenvalue weighted by Gasteiger charge is 2.19. The van der Waals surface area contributed by atoms with Crippen LogP contribution < -0.4 is 25.7 Å². The van der Waals surface area contributed by atoms with Crippen LogP contribution in [0.5, 0.6) is 5.75 Å². The van der Waals surface area contributed by atoms with Crippen LogP contribution in [0.4, 0.5) is 11.4 Å². The number of carbonyl (C=O) groups excluding carboxylic acids is 2. The van der Waals surface area contributed by atoms with Crippen molar-refractivity contribution in [3.05, 3.63) is 89.0 Å². The number of piperidine rings is 1. The van der Waals surface area contributed by atoms with Crippen LogP contribution in [0.1, 0.15) is 51.1 Å². The summed E-state index contributed by atoms with van der Waals surface area (Å²) in [5, 5.41) is 28.8. The van der Waals surface area contributed by atoms with Crippen molar-refractivity contribution in [2.24, 2.45) is 5.10 Å². The number of nitrogens with zero attached hydrogens (tertiary/aromatic N) is 3. The number of hydrazone groups is 1. The fourth-order valence-corrected chi connectivity index (χ4v) is 5.20. The van der Waals surface area contributed by atoms with Gasteiger partial charge in [-0.15, -0.1) is 0 Å². The van der Waals surface area contributed by atoms with Crippen molar-refractivity contribution in [2.75, 3.05) is 69.8 Å². The SMILES string of the molecule is COc1ccc(C=NNC(=O)c2cc(N3CCCCC3)ccc2NC(=O)c2cccc(CNCCN(CCO)CCO)c2)cc1. The smallest absolute Gasteiger partial charge is 0.273 e. The lowest BCUT2D eigenvalue weighted by atomic mass is 10.1. The van der Waals surface area contributed by atoms with E-state index in [1.54, 1.807) is 25.5 Å². The lowest BCUT2D eigenvalue weighted by molar-refractivity contribution is 0.0956. The number of anilines is 2. The Morgan fingerprint density at radius 2 is 1.69 bits per heavy atom. The number of aliphatic hydroxyl groups is 2. The molecule has 0 atom stereocenters. The van der Waals surface area contributed by atoms with Crippen molar-refractivity contribution in [3.8, 4) is 5.75 Å². The Kier molecular flexibility index (Phi) is 13.3. The number of hydrogen-bond acceptors (Lipinski definition) is 9. The second-order valence-corrected chi connectivity index (χ2v) is 10.9. The van der Waals surface area contributed by atoms with E-state index in [1.165, 1.54) is 6.42 Å². The molecule has 1 aliphatic rings. The summed E-state index contributed by atoms with van der Waals surface area (Å²) in [5.74, 6) is -0.0218. The van der Waals surface area contributed by atoms with Gasteiger partial charge in [-0.2, -0.15) is 5.10 Å². The number of carbonyl (C=O) groups is 2. The maximum absolute atomic E-state index is 13.4. The summed E-state index contributed by atoms with van der Waals surface area (Å²) in [5.41, 5.74) is 6.47. The number of hydrogen-bond donors (Lipinski definition) is 5. The fourth-order valence-electron chi connectivity index (χ4n) is 5.20. The van der Waals surface area contributed by atoms with E-state index in [0.29, 0.717) is 49.5 Å². The highest BCUT2D eigenvalue weighted by Crippen LogP contribution is 2.26. The van der Waals surface area contributed by atoms with Gasteiger partial charge in [0.05, 0.1) is 37.8 Å². The molecule has 0 radical (unpaired) electrons. The van der Waals surface area contributed by atoms with Gasteiger partial charge in [0.15, 0.2) is 0 Å². The lowest BCUT2D eigenvalue weighted by Crippen LogP contribution is -2.35. The minimum absolute atomic E-state index is 0.0401. The summed E-state index contributed by atoms with van der Waals surface area (Å²) < 4.78 is 5.19. The van der Waals surface area contributed by atoms with Crippen LogP contribution >= 0.6 is 0 Å². The molecule has 0 bridgehead atoms. The third kappa shape index (κ3) is 10.4. The maximum Gasteiger partial charge on any atom is 0.273 e. The molecule has 240 valence electrons. The van der Waals surface area contributed by atoms with E-state index in [0.717, 1.165) is 48.5 Å². The normalized spacial score (nSPS) is 13.3. The Balaban J connectivity index is 1.44. The van der Waals surface area contributed by atoms with Crippen LogP contribution in [0.3, 0.4) is 0 Å². The largest absolute Gasteiger partial charge is 0.497 e. The Morgan fingerprint density at radius 3 is 2.40 bits per heavy atom. The van der Waals surface area contributed by atoms with Crippen molar-refractivity contribution in [3.63, 3.8) is 0 Å². The van der Waals surface area contributed by atoms with E-state index in [1.807, 2.05) is 59.5 Å². The molecule has 1 heterocycles. The van der Waals surface area contributed by atoms with Gasteiger partial charge < -0.3 is 30.5 Å². The Labute approximate surface area is 264 Å². The first-order valence-corrected chi connectivity index (χ1v) is 15.4. The zero-order valence-corrected chi connectivity index (χ0v) is 25.9. The molecule has 1 aliphatic heterocycles. The lowest BCUT2D eigenvalue weighted by Gasteiger charge is -2.29. The molecule has 1 fully saturated rings. The van der Waals surface area contributed by atoms with Crippen LogP contribution in [0, 0.1) is 0 Å². The molecule has 4 rings (SSSR count). The van der Waals surface area contributed by atoms with Crippen molar-refractivity contribution in [1.82, 2.24) is 15.6 Å². The molecule has 3 aromatic carbocycles. The van der Waals surface area contributed by atoms with Crippen molar-refractivity contribution >= 4 is 29.4 Å². The Bertz CT molecular complexity index is 1400. The van der Waals surface area contributed by atoms with E-state index in [9.17, 15) is 19.8 Å². The molecule has 2 amide bonds. The summed E-state index contributed by atoms with van der Waals surface area (Å²) >= 11 is 0. The van der Waals surface area contributed by atoms with Crippen molar-refractivity contribution in [2.45, 2.75) is 25.8 Å². The maximum atomic E-state index is 13.4.